The van der Waals surface area contributed by atoms with Gasteiger partial charge < -0.3 is 44.1 Å². The van der Waals surface area contributed by atoms with E-state index in [0.29, 0.717) is 32.7 Å². The van der Waals surface area contributed by atoms with Crippen molar-refractivity contribution in [1.82, 2.24) is 30.7 Å². The third kappa shape index (κ3) is 24.2. The van der Waals surface area contributed by atoms with Gasteiger partial charge in [0.25, 0.3) is 0 Å². The van der Waals surface area contributed by atoms with Crippen LogP contribution < -0.4 is 21.7 Å². The van der Waals surface area contributed by atoms with Gasteiger partial charge in [-0.3, -0.25) is 38.7 Å². The molecule has 15 nitrogen and oxygen atoms in total. The number of methoxy groups -OCH3 is 1. The summed E-state index contributed by atoms with van der Waals surface area (Å²) in [7, 11) is 2.92. The number of hydrogen-bond acceptors (Lipinski definition) is 11. The van der Waals surface area contributed by atoms with Crippen molar-refractivity contribution in [2.24, 2.45) is 5.73 Å². The second-order valence-electron chi connectivity index (χ2n) is 8.80. The minimum atomic E-state index is -0.939. The summed E-state index contributed by atoms with van der Waals surface area (Å²) in [5.41, 5.74) is 5.23. The first kappa shape index (κ1) is 42.8. The quantitative estimate of drug-likeness (QED) is 0.0481. The van der Waals surface area contributed by atoms with E-state index in [1.807, 2.05) is 21.6 Å². The number of carbonyl (C=O) groups excluding carboxylic acids is 3. The monoisotopic (exact) mass is 737 g/mol. The summed E-state index contributed by atoms with van der Waals surface area (Å²) >= 11 is 0. The molecule has 0 spiro atoms. The molecule has 0 bridgehead atoms. The van der Waals surface area contributed by atoms with E-state index in [-0.39, 0.29) is 101 Å². The zero-order valence-corrected chi connectivity index (χ0v) is 25.7. The summed E-state index contributed by atoms with van der Waals surface area (Å²) in [6.45, 7) is 6.61. The topological polar surface area (TPSA) is 207 Å². The standard InChI is InChI=1S/C20H38N6O6.C3H7NO2.CH3.Lu/c1-3-24(10-11-26(15-20(31)32-2)9-6-22-12-19(29)30)14-18(28)23-16-4-7-25(8-5-16)13-17(21)27;1-4-2-3(5)6;;/h16,22H,3-15H2,1-2H3,(H2,21,27)(H,23,28)(H,29,30);4H,2H2,1H3,(H,5,6);1H3;/q;;-1;. The Labute approximate surface area is 266 Å². The van der Waals surface area contributed by atoms with Gasteiger partial charge in [-0.25, -0.2) is 0 Å². The zero-order chi connectivity index (χ0) is 28.9. The van der Waals surface area contributed by atoms with Crippen LogP contribution >= 0.6 is 0 Å². The third-order valence-corrected chi connectivity index (χ3v) is 5.67. The van der Waals surface area contributed by atoms with E-state index in [0.717, 1.165) is 25.9 Å². The van der Waals surface area contributed by atoms with Crippen molar-refractivity contribution in [2.75, 3.05) is 92.7 Å². The maximum absolute atomic E-state index is 12.5. The number of piperidine rings is 1. The normalized spacial score (nSPS) is 13.3. The number of hydrogen-bond donors (Lipinski definition) is 6. The summed E-state index contributed by atoms with van der Waals surface area (Å²) < 4.78 is 4.73. The Kier molecular flexibility index (Phi) is 28.2. The average molecular weight is 738 g/mol. The summed E-state index contributed by atoms with van der Waals surface area (Å²) in [5, 5.41) is 24.9. The number of carboxylic acids is 2. The molecule has 0 unspecified atom stereocenters. The van der Waals surface area contributed by atoms with Crippen molar-refractivity contribution >= 4 is 29.7 Å². The van der Waals surface area contributed by atoms with Crippen molar-refractivity contribution < 1.29 is 75.8 Å². The van der Waals surface area contributed by atoms with E-state index in [2.05, 4.69) is 16.0 Å². The molecule has 243 valence electrons. The number of nitrogens with zero attached hydrogens (tertiary/aromatic N) is 3. The molecule has 2 amide bonds. The van der Waals surface area contributed by atoms with Gasteiger partial charge in [-0.2, -0.15) is 0 Å². The van der Waals surface area contributed by atoms with E-state index in [4.69, 9.17) is 20.7 Å². The minimum absolute atomic E-state index is 0. The molecule has 0 aromatic carbocycles. The molecule has 0 atom stereocenters. The molecular formula is C24H48LuN7O8-. The summed E-state index contributed by atoms with van der Waals surface area (Å²) in [6.07, 6.45) is 1.56. The van der Waals surface area contributed by atoms with E-state index >= 15 is 0 Å². The largest absolute Gasteiger partial charge is 0.480 e. The van der Waals surface area contributed by atoms with Crippen molar-refractivity contribution in [1.29, 1.82) is 0 Å². The first-order valence-corrected chi connectivity index (χ1v) is 12.6. The molecule has 1 radical (unpaired) electrons. The van der Waals surface area contributed by atoms with Crippen LogP contribution in [0.4, 0.5) is 0 Å². The average Bonchev–Trinajstić information content (AvgIpc) is 2.84. The first-order valence-electron chi connectivity index (χ1n) is 12.6. The molecule has 1 fully saturated rings. The molecular weight excluding hydrogens is 689 g/mol. The van der Waals surface area contributed by atoms with Crippen molar-refractivity contribution in [3.05, 3.63) is 7.43 Å². The molecule has 0 aromatic heterocycles. The van der Waals surface area contributed by atoms with E-state index in [9.17, 15) is 24.0 Å². The molecule has 1 heterocycles. The number of amides is 2. The molecule has 0 aliphatic carbocycles. The Balaban J connectivity index is -0.00000153. The summed E-state index contributed by atoms with van der Waals surface area (Å²) in [5.74, 6) is -2.52. The molecule has 1 saturated heterocycles. The van der Waals surface area contributed by atoms with Gasteiger partial charge in [0.15, 0.2) is 0 Å². The van der Waals surface area contributed by atoms with Gasteiger partial charge in [-0.15, -0.1) is 0 Å². The molecule has 1 aliphatic heterocycles. The zero-order valence-electron chi connectivity index (χ0n) is 24.0. The number of aliphatic carboxylic acids is 2. The molecule has 1 rings (SSSR count). The van der Waals surface area contributed by atoms with Crippen LogP contribution in [0, 0.1) is 44.3 Å². The van der Waals surface area contributed by atoms with E-state index in [1.165, 1.54) is 7.11 Å². The third-order valence-electron chi connectivity index (χ3n) is 5.67. The summed E-state index contributed by atoms with van der Waals surface area (Å²) in [4.78, 5) is 61.2. The maximum atomic E-state index is 12.5. The predicted molar refractivity (Wildman–Crippen MR) is 146 cm³/mol. The van der Waals surface area contributed by atoms with Crippen LogP contribution in [-0.2, 0) is 28.7 Å². The Bertz CT molecular complexity index is 740. The van der Waals surface area contributed by atoms with Crippen LogP contribution in [0.2, 0.25) is 0 Å². The number of likely N-dealkylation sites (tertiary alicyclic amines) is 1. The predicted octanol–water partition coefficient (Wildman–Crippen LogP) is -2.74. The van der Waals surface area contributed by atoms with Crippen molar-refractivity contribution in [3.63, 3.8) is 0 Å². The second kappa shape index (κ2) is 26.3. The maximum Gasteiger partial charge on any atom is 0.319 e. The number of nitrogens with one attached hydrogen (secondary N) is 3. The van der Waals surface area contributed by atoms with Gasteiger partial charge in [0, 0.05) is 82.2 Å². The van der Waals surface area contributed by atoms with Gasteiger partial charge >= 0.3 is 17.9 Å². The van der Waals surface area contributed by atoms with Crippen LogP contribution in [0.5, 0.6) is 0 Å². The van der Waals surface area contributed by atoms with Crippen molar-refractivity contribution in [3.8, 4) is 0 Å². The van der Waals surface area contributed by atoms with Crippen LogP contribution in [0.1, 0.15) is 19.8 Å². The minimum Gasteiger partial charge on any atom is -0.480 e. The van der Waals surface area contributed by atoms with Gasteiger partial charge in [-0.1, -0.05) is 6.92 Å². The fourth-order valence-electron chi connectivity index (χ4n) is 3.66. The number of esters is 1. The fraction of sp³-hybridized carbons (Fsp3) is 0.750. The Morgan fingerprint density at radius 1 is 0.975 bits per heavy atom. The van der Waals surface area contributed by atoms with Crippen molar-refractivity contribution in [2.45, 2.75) is 25.8 Å². The van der Waals surface area contributed by atoms with Gasteiger partial charge in [0.2, 0.25) is 11.8 Å². The van der Waals surface area contributed by atoms with Crippen LogP contribution in [0.15, 0.2) is 0 Å². The number of ether oxygens (including phenoxy) is 1. The molecule has 1 aliphatic rings. The molecule has 7 N–H and O–H groups in total. The molecule has 40 heavy (non-hydrogen) atoms. The van der Waals surface area contributed by atoms with E-state index in [1.54, 1.807) is 7.05 Å². The van der Waals surface area contributed by atoms with Gasteiger partial charge in [-0.05, 0) is 26.4 Å². The number of nitrogens with two attached hydrogens (primary N) is 1. The van der Waals surface area contributed by atoms with Gasteiger partial charge in [0.05, 0.1) is 39.8 Å². The Hall–Kier alpha value is -1.62. The molecule has 0 aromatic rings. The number of likely N-dealkylation sites (N-methyl/N-ethyl adjacent to an activating group) is 2. The number of carboxylic acid groups (broad SMARTS) is 2. The molecule has 16 heteroatoms. The molecule has 0 saturated carbocycles. The van der Waals surface area contributed by atoms with Crippen LogP contribution in [-0.4, -0.2) is 153 Å². The second-order valence-corrected chi connectivity index (χ2v) is 8.80. The van der Waals surface area contributed by atoms with Crippen LogP contribution in [0.3, 0.4) is 0 Å². The summed E-state index contributed by atoms with van der Waals surface area (Å²) in [6, 6.07) is 0.0847. The smallest absolute Gasteiger partial charge is 0.319 e. The number of rotatable bonds is 18. The SMILES string of the molecule is CCN(CCN(CCNCC(=O)O)CC(=O)OC)CC(=O)NC1CCN(CC(N)=O)CC1.CNCC(=O)O.[CH3-].[Lu]. The first-order chi connectivity index (χ1) is 18.0. The Morgan fingerprint density at radius 3 is 2.00 bits per heavy atom. The Morgan fingerprint density at radius 2 is 1.55 bits per heavy atom. The van der Waals surface area contributed by atoms with Gasteiger partial charge in [0.1, 0.15) is 0 Å². The number of primary amides is 1. The van der Waals surface area contributed by atoms with E-state index < -0.39 is 11.9 Å². The van der Waals surface area contributed by atoms with Crippen LogP contribution in [0.25, 0.3) is 0 Å². The fourth-order valence-corrected chi connectivity index (χ4v) is 3.66. The number of carbonyl (C=O) groups is 5.